The minimum atomic E-state index is 0.0785. The van der Waals surface area contributed by atoms with E-state index < -0.39 is 0 Å². The first-order chi connectivity index (χ1) is 8.12. The van der Waals surface area contributed by atoms with E-state index in [1.165, 1.54) is 12.0 Å². The molecule has 0 heteroatoms. The zero-order chi connectivity index (χ0) is 14.4. The van der Waals surface area contributed by atoms with Crippen LogP contribution >= 0.6 is 0 Å². The van der Waals surface area contributed by atoms with E-state index in [1.54, 1.807) is 0 Å². The van der Waals surface area contributed by atoms with Gasteiger partial charge in [0.05, 0.1) is 0 Å². The lowest BCUT2D eigenvalue weighted by molar-refractivity contribution is 0.418. The van der Waals surface area contributed by atoms with Crippen LogP contribution in [0.15, 0.2) is 23.3 Å². The summed E-state index contributed by atoms with van der Waals surface area (Å²) in [6.45, 7) is 17.6. The number of hydrogen-bond acceptors (Lipinski definition) is 0. The number of rotatable bonds is 4. The molecule has 0 radical (unpaired) electrons. The Labute approximate surface area is 115 Å². The smallest absolute Gasteiger partial charge is 0.0233 e. The molecule has 0 fully saturated rings. The molecule has 0 atom stereocenters. The molecule has 0 spiro atoms. The topological polar surface area (TPSA) is 0 Å². The van der Waals surface area contributed by atoms with Crippen LogP contribution in [0.5, 0.6) is 0 Å². The monoisotopic (exact) mass is 246 g/mol. The van der Waals surface area contributed by atoms with E-state index in [-0.39, 0.29) is 5.41 Å². The van der Waals surface area contributed by atoms with Crippen molar-refractivity contribution in [3.05, 3.63) is 23.3 Å². The van der Waals surface area contributed by atoms with Crippen LogP contribution in [0.3, 0.4) is 0 Å². The summed E-state index contributed by atoms with van der Waals surface area (Å²) in [6.07, 6.45) is 6.70. The summed E-state index contributed by atoms with van der Waals surface area (Å²) in [5.41, 5.74) is 3.02. The van der Waals surface area contributed by atoms with Crippen LogP contribution in [0.4, 0.5) is 0 Å². The number of hydrogen-bond donors (Lipinski definition) is 0. The van der Waals surface area contributed by atoms with Gasteiger partial charge < -0.3 is 0 Å². The maximum atomic E-state index is 3.27. The molecular formula is C18H30. The van der Waals surface area contributed by atoms with E-state index in [2.05, 4.69) is 79.4 Å². The zero-order valence-electron chi connectivity index (χ0n) is 13.6. The maximum Gasteiger partial charge on any atom is 0.0233 e. The largest absolute Gasteiger partial charge is 0.0923 e. The lowest BCUT2D eigenvalue weighted by atomic mass is 9.80. The molecule has 0 aromatic carbocycles. The van der Waals surface area contributed by atoms with Gasteiger partial charge in [0.1, 0.15) is 0 Å². The Morgan fingerprint density at radius 1 is 1.00 bits per heavy atom. The molecule has 0 bridgehead atoms. The highest BCUT2D eigenvalue weighted by atomic mass is 14.2. The van der Waals surface area contributed by atoms with Crippen molar-refractivity contribution in [3.63, 3.8) is 0 Å². The van der Waals surface area contributed by atoms with E-state index in [9.17, 15) is 0 Å². The fraction of sp³-hybridized carbons (Fsp3) is 0.667. The second-order valence-electron chi connectivity index (χ2n) is 6.63. The molecule has 0 N–H and O–H groups in total. The van der Waals surface area contributed by atoms with Crippen molar-refractivity contribution in [3.8, 4) is 11.8 Å². The Bertz CT molecular complexity index is 372. The lowest BCUT2D eigenvalue weighted by Gasteiger charge is -2.25. The van der Waals surface area contributed by atoms with Gasteiger partial charge in [-0.15, -0.1) is 0 Å². The Morgan fingerprint density at radius 2 is 1.56 bits per heavy atom. The highest BCUT2D eigenvalue weighted by molar-refractivity contribution is 5.33. The molecule has 0 saturated carbocycles. The van der Waals surface area contributed by atoms with Crippen molar-refractivity contribution in [1.29, 1.82) is 0 Å². The predicted molar refractivity (Wildman–Crippen MR) is 83.4 cm³/mol. The molecule has 0 heterocycles. The molecule has 0 aromatic rings. The van der Waals surface area contributed by atoms with Crippen molar-refractivity contribution in [2.45, 2.75) is 68.2 Å². The van der Waals surface area contributed by atoms with Gasteiger partial charge in [0, 0.05) is 5.41 Å². The van der Waals surface area contributed by atoms with Crippen molar-refractivity contribution < 1.29 is 0 Å². The average molecular weight is 246 g/mol. The Kier molecular flexibility index (Phi) is 6.47. The third-order valence-electron chi connectivity index (χ3n) is 3.30. The molecule has 0 aliphatic carbocycles. The highest BCUT2D eigenvalue weighted by Gasteiger charge is 2.18. The molecule has 0 aliphatic heterocycles. The lowest BCUT2D eigenvalue weighted by Crippen LogP contribution is -2.12. The summed E-state index contributed by atoms with van der Waals surface area (Å²) >= 11 is 0. The predicted octanol–water partition coefficient (Wildman–Crippen LogP) is 5.75. The Hall–Kier alpha value is -0.960. The van der Waals surface area contributed by atoms with Gasteiger partial charge in [-0.3, -0.25) is 0 Å². The maximum absolute atomic E-state index is 3.27. The van der Waals surface area contributed by atoms with Crippen molar-refractivity contribution in [2.75, 3.05) is 0 Å². The third-order valence-corrected chi connectivity index (χ3v) is 3.30. The second kappa shape index (κ2) is 6.83. The molecule has 0 aromatic heterocycles. The summed E-state index contributed by atoms with van der Waals surface area (Å²) in [6, 6.07) is 0. The summed E-state index contributed by atoms with van der Waals surface area (Å²) in [4.78, 5) is 0. The molecular weight excluding hydrogens is 216 g/mol. The fourth-order valence-electron chi connectivity index (χ4n) is 1.60. The van der Waals surface area contributed by atoms with Gasteiger partial charge in [-0.25, -0.2) is 0 Å². The Balaban J connectivity index is 5.02. The van der Waals surface area contributed by atoms with Gasteiger partial charge in [0.25, 0.3) is 0 Å². The van der Waals surface area contributed by atoms with E-state index in [0.717, 1.165) is 12.0 Å². The molecule has 0 rings (SSSR count). The first-order valence-corrected chi connectivity index (χ1v) is 7.03. The Morgan fingerprint density at radius 3 is 1.94 bits per heavy atom. The van der Waals surface area contributed by atoms with Crippen molar-refractivity contribution >= 4 is 0 Å². The van der Waals surface area contributed by atoms with Crippen LogP contribution in [-0.4, -0.2) is 0 Å². The first kappa shape index (κ1) is 17.0. The fourth-order valence-corrected chi connectivity index (χ4v) is 1.60. The molecule has 0 aliphatic rings. The van der Waals surface area contributed by atoms with Crippen LogP contribution < -0.4 is 0 Å². The second-order valence-corrected chi connectivity index (χ2v) is 6.63. The van der Waals surface area contributed by atoms with Gasteiger partial charge in [-0.2, -0.15) is 0 Å². The molecule has 102 valence electrons. The van der Waals surface area contributed by atoms with Crippen LogP contribution in [0, 0.1) is 22.7 Å². The van der Waals surface area contributed by atoms with Gasteiger partial charge in [0.2, 0.25) is 0 Å². The molecule has 0 amide bonds. The molecule has 0 saturated heterocycles. The molecule has 0 unspecified atom stereocenters. The zero-order valence-corrected chi connectivity index (χ0v) is 13.6. The van der Waals surface area contributed by atoms with E-state index in [4.69, 9.17) is 0 Å². The minimum Gasteiger partial charge on any atom is -0.0923 e. The normalized spacial score (nSPS) is 14.2. The summed E-state index contributed by atoms with van der Waals surface area (Å²) < 4.78 is 0. The van der Waals surface area contributed by atoms with Crippen molar-refractivity contribution in [1.82, 2.24) is 0 Å². The minimum absolute atomic E-state index is 0.0785. The van der Waals surface area contributed by atoms with Gasteiger partial charge >= 0.3 is 0 Å². The van der Waals surface area contributed by atoms with Crippen LogP contribution in [0.25, 0.3) is 0 Å². The average Bonchev–Trinajstić information content (AvgIpc) is 2.26. The van der Waals surface area contributed by atoms with Gasteiger partial charge in [-0.05, 0) is 51.5 Å². The van der Waals surface area contributed by atoms with Crippen LogP contribution in [0.1, 0.15) is 68.2 Å². The van der Waals surface area contributed by atoms with E-state index in [0.29, 0.717) is 5.41 Å². The highest BCUT2D eigenvalue weighted by Crippen LogP contribution is 2.32. The summed E-state index contributed by atoms with van der Waals surface area (Å²) in [5.74, 6) is 6.51. The molecule has 18 heavy (non-hydrogen) atoms. The third kappa shape index (κ3) is 6.70. The van der Waals surface area contributed by atoms with Crippen LogP contribution in [0.2, 0.25) is 0 Å². The van der Waals surface area contributed by atoms with E-state index >= 15 is 0 Å². The summed E-state index contributed by atoms with van der Waals surface area (Å²) in [7, 11) is 0. The quantitative estimate of drug-likeness (QED) is 0.437. The summed E-state index contributed by atoms with van der Waals surface area (Å²) in [5, 5.41) is 0. The SMILES string of the molecule is CCC(=CC=C(C)C#CC(C)(C)C)C(C)(C)CC. The number of allylic oxidation sites excluding steroid dienone is 4. The van der Waals surface area contributed by atoms with E-state index in [1.807, 2.05) is 0 Å². The van der Waals surface area contributed by atoms with Crippen LogP contribution in [-0.2, 0) is 0 Å². The standard InChI is InChI=1S/C18H30/c1-9-16(18(7,8)10-2)12-11-15(3)13-14-17(4,5)6/h11-12H,9-10H2,1-8H3. The molecule has 0 nitrogen and oxygen atoms in total. The van der Waals surface area contributed by atoms with Gasteiger partial charge in [0.15, 0.2) is 0 Å². The van der Waals surface area contributed by atoms with Crippen molar-refractivity contribution in [2.24, 2.45) is 10.8 Å². The van der Waals surface area contributed by atoms with Gasteiger partial charge in [-0.1, -0.05) is 57.3 Å². The first-order valence-electron chi connectivity index (χ1n) is 7.03.